The molecule has 0 fully saturated rings. The lowest BCUT2D eigenvalue weighted by molar-refractivity contribution is 0.825. The van der Waals surface area contributed by atoms with Gasteiger partial charge in [0.25, 0.3) is 0 Å². The van der Waals surface area contributed by atoms with E-state index in [0.717, 1.165) is 9.26 Å². The number of nitrogens with two attached hydrogens (primary N) is 1. The van der Waals surface area contributed by atoms with Crippen molar-refractivity contribution < 1.29 is 0 Å². The van der Waals surface area contributed by atoms with E-state index in [1.807, 2.05) is 6.20 Å². The number of aromatic nitrogens is 4. The zero-order valence-corrected chi connectivity index (χ0v) is 9.42. The molecule has 2 aromatic rings. The van der Waals surface area contributed by atoms with Crippen LogP contribution in [-0.2, 0) is 6.54 Å². The van der Waals surface area contributed by atoms with Crippen LogP contribution in [0.5, 0.6) is 0 Å². The maximum absolute atomic E-state index is 5.42. The van der Waals surface area contributed by atoms with E-state index >= 15 is 0 Å². The fraction of sp³-hybridized carbons (Fsp3) is 0.125. The number of halogens is 1. The quantitative estimate of drug-likeness (QED) is 0.830. The van der Waals surface area contributed by atoms with Crippen LogP contribution in [0.3, 0.4) is 0 Å². The summed E-state index contributed by atoms with van der Waals surface area (Å²) in [4.78, 5) is 8.32. The Hall–Kier alpha value is -1.02. The van der Waals surface area contributed by atoms with Gasteiger partial charge in [0.15, 0.2) is 5.82 Å². The smallest absolute Gasteiger partial charge is 0.171 e. The first-order chi connectivity index (χ1) is 6.79. The van der Waals surface area contributed by atoms with Gasteiger partial charge in [-0.3, -0.25) is 4.98 Å². The van der Waals surface area contributed by atoms with Gasteiger partial charge in [-0.15, -0.1) is 0 Å². The topological polar surface area (TPSA) is 69.6 Å². The molecule has 0 radical (unpaired) electrons. The summed E-state index contributed by atoms with van der Waals surface area (Å²) in [6.45, 7) is 0.407. The van der Waals surface area contributed by atoms with Crippen molar-refractivity contribution in [3.8, 4) is 5.82 Å². The number of nitrogens with zero attached hydrogens (tertiary/aromatic N) is 4. The average Bonchev–Trinajstić information content (AvgIpc) is 2.65. The molecule has 0 aliphatic rings. The van der Waals surface area contributed by atoms with Crippen molar-refractivity contribution in [2.45, 2.75) is 6.54 Å². The van der Waals surface area contributed by atoms with Crippen LogP contribution in [0, 0.1) is 3.57 Å². The Morgan fingerprint density at radius 2 is 2.14 bits per heavy atom. The first kappa shape index (κ1) is 9.53. The maximum atomic E-state index is 5.42. The van der Waals surface area contributed by atoms with E-state index in [-0.39, 0.29) is 0 Å². The van der Waals surface area contributed by atoms with Crippen molar-refractivity contribution in [3.05, 3.63) is 34.1 Å². The lowest BCUT2D eigenvalue weighted by atomic mass is 10.4. The molecule has 0 amide bonds. The largest absolute Gasteiger partial charge is 0.325 e. The highest BCUT2D eigenvalue weighted by Gasteiger charge is 2.00. The van der Waals surface area contributed by atoms with E-state index in [2.05, 4.69) is 37.7 Å². The van der Waals surface area contributed by atoms with Crippen LogP contribution < -0.4 is 5.73 Å². The van der Waals surface area contributed by atoms with E-state index in [1.54, 1.807) is 23.3 Å². The van der Waals surface area contributed by atoms with Crippen molar-refractivity contribution in [1.82, 2.24) is 19.7 Å². The third-order valence-corrected chi connectivity index (χ3v) is 2.24. The van der Waals surface area contributed by atoms with Gasteiger partial charge in [-0.05, 0) is 22.6 Å². The molecule has 0 atom stereocenters. The van der Waals surface area contributed by atoms with Gasteiger partial charge >= 0.3 is 0 Å². The first-order valence-electron chi connectivity index (χ1n) is 4.01. The SMILES string of the molecule is NCc1cnc(-n2cc(I)cn2)cn1. The van der Waals surface area contributed by atoms with Crippen molar-refractivity contribution in [2.75, 3.05) is 0 Å². The van der Waals surface area contributed by atoms with Crippen molar-refractivity contribution in [3.63, 3.8) is 0 Å². The van der Waals surface area contributed by atoms with Crippen molar-refractivity contribution in [2.24, 2.45) is 5.73 Å². The standard InChI is InChI=1S/C8H8IN5/c9-6-2-13-14(5-6)8-4-11-7(1-10)3-12-8/h2-5H,1,10H2. The van der Waals surface area contributed by atoms with Gasteiger partial charge in [0.2, 0.25) is 0 Å². The Labute approximate surface area is 94.5 Å². The van der Waals surface area contributed by atoms with Gasteiger partial charge in [-0.1, -0.05) is 0 Å². The second-order valence-corrected chi connectivity index (χ2v) is 3.92. The minimum absolute atomic E-state index is 0.407. The Kier molecular flexibility index (Phi) is 2.73. The number of hydrogen-bond acceptors (Lipinski definition) is 4. The fourth-order valence-corrected chi connectivity index (χ4v) is 1.39. The molecule has 0 bridgehead atoms. The second kappa shape index (κ2) is 4.01. The molecule has 5 nitrogen and oxygen atoms in total. The zero-order chi connectivity index (χ0) is 9.97. The van der Waals surface area contributed by atoms with Gasteiger partial charge in [0, 0.05) is 12.7 Å². The summed E-state index contributed by atoms with van der Waals surface area (Å²) in [5.74, 6) is 0.699. The molecule has 2 heterocycles. The zero-order valence-electron chi connectivity index (χ0n) is 7.26. The third-order valence-electron chi connectivity index (χ3n) is 1.69. The van der Waals surface area contributed by atoms with Crippen LogP contribution in [0.15, 0.2) is 24.8 Å². The molecule has 72 valence electrons. The van der Waals surface area contributed by atoms with Crippen LogP contribution in [0.1, 0.15) is 5.69 Å². The Morgan fingerprint density at radius 3 is 2.64 bits per heavy atom. The van der Waals surface area contributed by atoms with E-state index < -0.39 is 0 Å². The molecule has 0 spiro atoms. The first-order valence-corrected chi connectivity index (χ1v) is 5.09. The lowest BCUT2D eigenvalue weighted by Gasteiger charge is -1.99. The van der Waals surface area contributed by atoms with Crippen LogP contribution >= 0.6 is 22.6 Å². The molecule has 0 aromatic carbocycles. The Bertz CT molecular complexity index is 422. The minimum atomic E-state index is 0.407. The fourth-order valence-electron chi connectivity index (χ4n) is 0.998. The van der Waals surface area contributed by atoms with E-state index in [9.17, 15) is 0 Å². The third kappa shape index (κ3) is 1.90. The average molecular weight is 301 g/mol. The second-order valence-electron chi connectivity index (χ2n) is 2.67. The van der Waals surface area contributed by atoms with Gasteiger partial charge in [0.05, 0.1) is 27.9 Å². The predicted molar refractivity (Wildman–Crippen MR) is 59.8 cm³/mol. The molecule has 2 aromatic heterocycles. The summed E-state index contributed by atoms with van der Waals surface area (Å²) in [5, 5.41) is 4.12. The number of rotatable bonds is 2. The molecule has 0 saturated carbocycles. The molecule has 2 N–H and O–H groups in total. The highest BCUT2D eigenvalue weighted by Crippen LogP contribution is 2.06. The van der Waals surface area contributed by atoms with Gasteiger partial charge < -0.3 is 5.73 Å². The van der Waals surface area contributed by atoms with Crippen molar-refractivity contribution >= 4 is 22.6 Å². The monoisotopic (exact) mass is 301 g/mol. The van der Waals surface area contributed by atoms with Gasteiger partial charge in [-0.2, -0.15) is 5.10 Å². The minimum Gasteiger partial charge on any atom is -0.325 e. The van der Waals surface area contributed by atoms with E-state index in [4.69, 9.17) is 5.73 Å². The summed E-state index contributed by atoms with van der Waals surface area (Å²) < 4.78 is 2.74. The van der Waals surface area contributed by atoms with Crippen LogP contribution in [-0.4, -0.2) is 19.7 Å². The Morgan fingerprint density at radius 1 is 1.29 bits per heavy atom. The molecular formula is C8H8IN5. The highest BCUT2D eigenvalue weighted by atomic mass is 127. The van der Waals surface area contributed by atoms with Gasteiger partial charge in [0.1, 0.15) is 0 Å². The molecule has 6 heteroatoms. The lowest BCUT2D eigenvalue weighted by Crippen LogP contribution is -2.03. The van der Waals surface area contributed by atoms with Crippen LogP contribution in [0.4, 0.5) is 0 Å². The molecule has 0 aliphatic carbocycles. The molecule has 2 rings (SSSR count). The summed E-state index contributed by atoms with van der Waals surface area (Å²) in [7, 11) is 0. The van der Waals surface area contributed by atoms with Crippen LogP contribution in [0.2, 0.25) is 0 Å². The normalized spacial score (nSPS) is 10.4. The summed E-state index contributed by atoms with van der Waals surface area (Å²) >= 11 is 2.19. The van der Waals surface area contributed by atoms with E-state index in [1.165, 1.54) is 0 Å². The summed E-state index contributed by atoms with van der Waals surface area (Å²) in [6.07, 6.45) is 6.96. The molecule has 14 heavy (non-hydrogen) atoms. The molecule has 0 aliphatic heterocycles. The molecular weight excluding hydrogens is 293 g/mol. The van der Waals surface area contributed by atoms with E-state index in [0.29, 0.717) is 12.4 Å². The summed E-state index contributed by atoms with van der Waals surface area (Å²) in [5.41, 5.74) is 6.19. The Balaban J connectivity index is 2.33. The number of hydrogen-bond donors (Lipinski definition) is 1. The van der Waals surface area contributed by atoms with Crippen molar-refractivity contribution in [1.29, 1.82) is 0 Å². The van der Waals surface area contributed by atoms with Crippen LogP contribution in [0.25, 0.3) is 5.82 Å². The highest BCUT2D eigenvalue weighted by molar-refractivity contribution is 14.1. The molecule has 0 unspecified atom stereocenters. The predicted octanol–water partition coefficient (Wildman–Crippen LogP) is 0.726. The maximum Gasteiger partial charge on any atom is 0.171 e. The molecule has 0 saturated heterocycles. The van der Waals surface area contributed by atoms with Gasteiger partial charge in [-0.25, -0.2) is 9.67 Å². The summed E-state index contributed by atoms with van der Waals surface area (Å²) in [6, 6.07) is 0.